The van der Waals surface area contributed by atoms with Gasteiger partial charge in [-0.2, -0.15) is 0 Å². The Morgan fingerprint density at radius 2 is 2.06 bits per heavy atom. The van der Waals surface area contributed by atoms with Crippen LogP contribution < -0.4 is 5.32 Å². The number of nitrogens with one attached hydrogen (secondary N) is 1. The highest BCUT2D eigenvalue weighted by molar-refractivity contribution is 7.12. The molecule has 2 saturated carbocycles. The van der Waals surface area contributed by atoms with E-state index in [1.165, 1.54) is 22.6 Å². The molecule has 1 N–H and O–H groups in total. The van der Waals surface area contributed by atoms with Gasteiger partial charge in [-0.05, 0) is 86.6 Å². The minimum atomic E-state index is -0.220. The van der Waals surface area contributed by atoms with Gasteiger partial charge in [-0.25, -0.2) is 4.39 Å². The third-order valence-corrected chi connectivity index (χ3v) is 10.3. The normalized spacial score (nSPS) is 34.3. The molecule has 3 fully saturated rings. The van der Waals surface area contributed by atoms with Crippen LogP contribution in [0.25, 0.3) is 0 Å². The number of amides is 1. The van der Waals surface area contributed by atoms with E-state index in [2.05, 4.69) is 30.1 Å². The summed E-state index contributed by atoms with van der Waals surface area (Å²) >= 11 is 2.00. The molecule has 6 rings (SSSR count). The van der Waals surface area contributed by atoms with Crippen LogP contribution in [0.15, 0.2) is 30.3 Å². The minimum absolute atomic E-state index is 0.0588. The molecule has 1 spiro atoms. The largest absolute Gasteiger partial charge is 0.370 e. The fourth-order valence-electron chi connectivity index (χ4n) is 6.75. The number of rotatable bonds is 6. The number of thiophene rings is 1. The Bertz CT molecular complexity index is 1080. The number of nitrogens with zero attached hydrogens (tertiary/aromatic N) is 1. The topological polar surface area (TPSA) is 41.6 Å². The van der Waals surface area contributed by atoms with Crippen molar-refractivity contribution in [2.24, 2.45) is 11.8 Å². The van der Waals surface area contributed by atoms with Gasteiger partial charge in [0.25, 0.3) is 0 Å². The average molecular weight is 497 g/mol. The highest BCUT2D eigenvalue weighted by Crippen LogP contribution is 2.49. The van der Waals surface area contributed by atoms with Crippen LogP contribution in [0.2, 0.25) is 0 Å². The summed E-state index contributed by atoms with van der Waals surface area (Å²) in [6.45, 7) is 7.69. The second-order valence-corrected chi connectivity index (χ2v) is 12.6. The number of likely N-dealkylation sites (tertiary alicyclic amines) is 1. The molecule has 4 nitrogen and oxygen atoms in total. The molecule has 6 heteroatoms. The molecule has 2 unspecified atom stereocenters. The number of fused-ring (bicyclic) bond motifs is 2. The molecule has 0 bridgehead atoms. The molecule has 4 atom stereocenters. The van der Waals surface area contributed by atoms with E-state index < -0.39 is 0 Å². The van der Waals surface area contributed by atoms with Crippen molar-refractivity contribution >= 4 is 17.2 Å². The molecule has 2 aromatic rings. The Hall–Kier alpha value is -1.76. The van der Waals surface area contributed by atoms with E-state index in [1.807, 2.05) is 23.5 Å². The van der Waals surface area contributed by atoms with E-state index in [0.717, 1.165) is 70.2 Å². The van der Waals surface area contributed by atoms with Gasteiger partial charge in [0, 0.05) is 47.3 Å². The first kappa shape index (κ1) is 23.6. The quantitative estimate of drug-likeness (QED) is 0.582. The summed E-state index contributed by atoms with van der Waals surface area (Å²) in [6, 6.07) is 9.87. The zero-order valence-corrected chi connectivity index (χ0v) is 21.7. The van der Waals surface area contributed by atoms with Gasteiger partial charge in [0.05, 0.1) is 12.2 Å². The monoisotopic (exact) mass is 496 g/mol. The standard InChI is InChI=1S/C29H37FN2O2S/c1-3-23-14-26-27(35-23)8-11-34-29(26)9-10-32(18(2)16-29)17-19-12-22(13-19)31-28(33)25-15-24(25)20-4-6-21(30)7-5-20/h4-7,14,18-19,22,24-25H,3,8-13,15-17H2,1-2H3,(H,31,33)/t18-,19?,22?,24?,25?,29+/m0/s1. The molecule has 1 saturated heterocycles. The Kier molecular flexibility index (Phi) is 6.26. The smallest absolute Gasteiger partial charge is 0.223 e. The molecule has 1 aromatic heterocycles. The van der Waals surface area contributed by atoms with Crippen molar-refractivity contribution in [2.45, 2.75) is 82.4 Å². The zero-order valence-electron chi connectivity index (χ0n) is 20.9. The number of ether oxygens (including phenoxy) is 1. The van der Waals surface area contributed by atoms with Crippen molar-refractivity contribution < 1.29 is 13.9 Å². The van der Waals surface area contributed by atoms with Crippen molar-refractivity contribution in [3.63, 3.8) is 0 Å². The lowest BCUT2D eigenvalue weighted by Crippen LogP contribution is -2.54. The third kappa shape index (κ3) is 4.58. The summed E-state index contributed by atoms with van der Waals surface area (Å²) < 4.78 is 19.7. The lowest BCUT2D eigenvalue weighted by atomic mass is 9.76. The van der Waals surface area contributed by atoms with E-state index in [4.69, 9.17) is 4.74 Å². The summed E-state index contributed by atoms with van der Waals surface area (Å²) in [4.78, 5) is 18.4. The van der Waals surface area contributed by atoms with Crippen LogP contribution in [0.3, 0.4) is 0 Å². The van der Waals surface area contributed by atoms with Crippen molar-refractivity contribution in [3.05, 3.63) is 57.0 Å². The Labute approximate surface area is 212 Å². The van der Waals surface area contributed by atoms with E-state index in [1.54, 1.807) is 4.88 Å². The number of hydrogen-bond acceptors (Lipinski definition) is 4. The van der Waals surface area contributed by atoms with E-state index in [9.17, 15) is 9.18 Å². The number of aryl methyl sites for hydroxylation is 1. The maximum Gasteiger partial charge on any atom is 0.223 e. The summed E-state index contributed by atoms with van der Waals surface area (Å²) in [5.74, 6) is 0.945. The Morgan fingerprint density at radius 1 is 1.26 bits per heavy atom. The SMILES string of the molecule is CCc1cc2c(s1)CCO[C@@]21CCN(CC2CC(NC(=O)C3CC3c3ccc(F)cc3)C2)[C@@H](C)C1. The lowest BCUT2D eigenvalue weighted by Gasteiger charge is -2.49. The molecular formula is C29H37FN2O2S. The number of carbonyl (C=O) groups is 1. The van der Waals surface area contributed by atoms with E-state index in [-0.39, 0.29) is 29.2 Å². The van der Waals surface area contributed by atoms with Gasteiger partial charge < -0.3 is 15.0 Å². The molecule has 2 aliphatic heterocycles. The average Bonchev–Trinajstić information content (AvgIpc) is 3.50. The van der Waals surface area contributed by atoms with Gasteiger partial charge in [-0.15, -0.1) is 11.3 Å². The maximum atomic E-state index is 13.2. The van der Waals surface area contributed by atoms with Crippen LogP contribution in [0.4, 0.5) is 4.39 Å². The molecule has 2 aliphatic carbocycles. The fraction of sp³-hybridized carbons (Fsp3) is 0.621. The first-order chi connectivity index (χ1) is 16.9. The van der Waals surface area contributed by atoms with Crippen molar-refractivity contribution in [3.8, 4) is 0 Å². The Morgan fingerprint density at radius 3 is 2.80 bits per heavy atom. The highest BCUT2D eigenvalue weighted by atomic mass is 32.1. The number of carbonyl (C=O) groups excluding carboxylic acids is 1. The van der Waals surface area contributed by atoms with Crippen molar-refractivity contribution in [1.29, 1.82) is 0 Å². The third-order valence-electron chi connectivity index (χ3n) is 8.96. The number of hydrogen-bond donors (Lipinski definition) is 1. The highest BCUT2D eigenvalue weighted by Gasteiger charge is 2.47. The number of halogens is 1. The fourth-order valence-corrected chi connectivity index (χ4v) is 7.93. The molecule has 4 aliphatic rings. The van der Waals surface area contributed by atoms with E-state index in [0.29, 0.717) is 18.0 Å². The minimum Gasteiger partial charge on any atom is -0.370 e. The van der Waals surface area contributed by atoms with Crippen LogP contribution in [0, 0.1) is 17.7 Å². The van der Waals surface area contributed by atoms with Gasteiger partial charge in [-0.1, -0.05) is 19.1 Å². The second-order valence-electron chi connectivity index (χ2n) is 11.3. The molecule has 3 heterocycles. The number of benzene rings is 1. The van der Waals surface area contributed by atoms with Gasteiger partial charge in [-0.3, -0.25) is 4.79 Å². The summed E-state index contributed by atoms with van der Waals surface area (Å²) in [7, 11) is 0. The predicted molar refractivity (Wildman–Crippen MR) is 137 cm³/mol. The number of piperidine rings is 1. The molecule has 0 radical (unpaired) electrons. The van der Waals surface area contributed by atoms with Crippen molar-refractivity contribution in [1.82, 2.24) is 10.2 Å². The van der Waals surface area contributed by atoms with E-state index >= 15 is 0 Å². The summed E-state index contributed by atoms with van der Waals surface area (Å²) in [5.41, 5.74) is 2.49. The van der Waals surface area contributed by atoms with Gasteiger partial charge >= 0.3 is 0 Å². The molecule has 35 heavy (non-hydrogen) atoms. The van der Waals surface area contributed by atoms with Crippen LogP contribution >= 0.6 is 11.3 Å². The van der Waals surface area contributed by atoms with Gasteiger partial charge in [0.2, 0.25) is 5.91 Å². The van der Waals surface area contributed by atoms with Crippen LogP contribution in [0.5, 0.6) is 0 Å². The van der Waals surface area contributed by atoms with Gasteiger partial charge in [0.15, 0.2) is 0 Å². The molecule has 1 aromatic carbocycles. The van der Waals surface area contributed by atoms with Gasteiger partial charge in [0.1, 0.15) is 5.82 Å². The summed E-state index contributed by atoms with van der Waals surface area (Å²) in [6.07, 6.45) is 7.40. The van der Waals surface area contributed by atoms with Crippen LogP contribution in [-0.4, -0.2) is 42.6 Å². The molecular weight excluding hydrogens is 459 g/mol. The second kappa shape index (κ2) is 9.28. The maximum absolute atomic E-state index is 13.2. The van der Waals surface area contributed by atoms with Crippen LogP contribution in [0.1, 0.15) is 72.8 Å². The molecule has 1 amide bonds. The summed E-state index contributed by atoms with van der Waals surface area (Å²) in [5, 5.41) is 3.28. The van der Waals surface area contributed by atoms with Crippen molar-refractivity contribution in [2.75, 3.05) is 19.7 Å². The Balaban J connectivity index is 0.972. The predicted octanol–water partition coefficient (Wildman–Crippen LogP) is 5.40. The first-order valence-electron chi connectivity index (χ1n) is 13.5. The van der Waals surface area contributed by atoms with Crippen LogP contribution in [-0.2, 0) is 28.0 Å². The lowest BCUT2D eigenvalue weighted by molar-refractivity contribution is -0.124. The molecule has 188 valence electrons. The zero-order chi connectivity index (χ0) is 24.2. The first-order valence-corrected chi connectivity index (χ1v) is 14.3.